The smallest absolute Gasteiger partial charge is 0.260 e. The number of benzene rings is 2. The van der Waals surface area contributed by atoms with Crippen LogP contribution in [-0.2, 0) is 9.59 Å². The molecular weight excluding hydrogens is 359 g/mol. The maximum Gasteiger partial charge on any atom is 0.260 e. The molecule has 2 amide bonds. The van der Waals surface area contributed by atoms with Crippen molar-refractivity contribution in [2.24, 2.45) is 0 Å². The monoisotopic (exact) mass is 378 g/mol. The summed E-state index contributed by atoms with van der Waals surface area (Å²) in [7, 11) is 1.51. The molecule has 0 fully saturated rings. The van der Waals surface area contributed by atoms with E-state index in [0.29, 0.717) is 16.5 Å². The number of rotatable bonds is 6. The van der Waals surface area contributed by atoms with E-state index in [1.807, 2.05) is 13.8 Å². The first-order valence-electron chi connectivity index (χ1n) is 7.95. The first-order chi connectivity index (χ1) is 12.3. The van der Waals surface area contributed by atoms with Crippen molar-refractivity contribution >= 4 is 29.1 Å². The first kappa shape index (κ1) is 19.7. The van der Waals surface area contributed by atoms with Crippen LogP contribution < -0.4 is 10.1 Å². The maximum atomic E-state index is 12.9. The maximum absolute atomic E-state index is 12.9. The van der Waals surface area contributed by atoms with E-state index in [2.05, 4.69) is 5.32 Å². The summed E-state index contributed by atoms with van der Waals surface area (Å²) < 4.78 is 18.5. The highest BCUT2D eigenvalue weighted by Crippen LogP contribution is 2.27. The number of hydrogen-bond donors (Lipinski definition) is 1. The second kappa shape index (κ2) is 8.67. The Hall–Kier alpha value is -2.60. The zero-order valence-corrected chi connectivity index (χ0v) is 15.6. The van der Waals surface area contributed by atoms with E-state index in [1.54, 1.807) is 12.1 Å². The summed E-state index contributed by atoms with van der Waals surface area (Å²) in [6.45, 7) is 3.36. The summed E-state index contributed by atoms with van der Waals surface area (Å²) in [6.07, 6.45) is 0. The minimum absolute atomic E-state index is 0.141. The summed E-state index contributed by atoms with van der Waals surface area (Å²) in [5, 5.41) is 3.20. The van der Waals surface area contributed by atoms with Gasteiger partial charge in [0.25, 0.3) is 5.91 Å². The molecule has 2 rings (SSSR count). The van der Waals surface area contributed by atoms with Crippen LogP contribution in [0.2, 0.25) is 5.02 Å². The molecule has 0 saturated heterocycles. The van der Waals surface area contributed by atoms with Crippen LogP contribution in [0.15, 0.2) is 36.4 Å². The summed E-state index contributed by atoms with van der Waals surface area (Å²) >= 11 is 5.97. The van der Waals surface area contributed by atoms with Gasteiger partial charge in [0.1, 0.15) is 11.6 Å². The molecule has 0 unspecified atom stereocenters. The standard InChI is InChI=1S/C19H20ClFN2O3/c1-12-8-14(20)9-13(2)19(12)26-11-18(25)23(3)10-17(24)22-16-6-4-15(21)5-7-16/h4-9H,10-11H2,1-3H3,(H,22,24). The normalized spacial score (nSPS) is 10.3. The molecule has 26 heavy (non-hydrogen) atoms. The van der Waals surface area contributed by atoms with Crippen LogP contribution in [0.5, 0.6) is 5.75 Å². The van der Waals surface area contributed by atoms with Gasteiger partial charge in [0, 0.05) is 17.8 Å². The fraction of sp³-hybridized carbons (Fsp3) is 0.263. The van der Waals surface area contributed by atoms with Gasteiger partial charge in [0.05, 0.1) is 6.54 Å². The van der Waals surface area contributed by atoms with Gasteiger partial charge in [-0.2, -0.15) is 0 Å². The topological polar surface area (TPSA) is 58.6 Å². The first-order valence-corrected chi connectivity index (χ1v) is 8.33. The number of carbonyl (C=O) groups is 2. The number of likely N-dealkylation sites (N-methyl/N-ethyl adjacent to an activating group) is 1. The molecule has 0 bridgehead atoms. The average Bonchev–Trinajstić information content (AvgIpc) is 2.55. The van der Waals surface area contributed by atoms with E-state index < -0.39 is 0 Å². The molecule has 0 aliphatic heterocycles. The highest BCUT2D eigenvalue weighted by Gasteiger charge is 2.15. The summed E-state index contributed by atoms with van der Waals surface area (Å²) in [5.41, 5.74) is 2.12. The molecule has 1 N–H and O–H groups in total. The van der Waals surface area contributed by atoms with Crippen molar-refractivity contribution < 1.29 is 18.7 Å². The van der Waals surface area contributed by atoms with E-state index in [4.69, 9.17) is 16.3 Å². The third-order valence-corrected chi connectivity index (χ3v) is 3.92. The Bertz CT molecular complexity index is 786. The van der Waals surface area contributed by atoms with E-state index in [-0.39, 0.29) is 30.8 Å². The summed E-state index contributed by atoms with van der Waals surface area (Å²) in [5.74, 6) is -0.508. The molecule has 138 valence electrons. The van der Waals surface area contributed by atoms with Gasteiger partial charge < -0.3 is 15.0 Å². The molecule has 0 aliphatic carbocycles. The third-order valence-electron chi connectivity index (χ3n) is 3.70. The van der Waals surface area contributed by atoms with Crippen molar-refractivity contribution in [1.82, 2.24) is 4.90 Å². The number of nitrogens with one attached hydrogen (secondary N) is 1. The minimum Gasteiger partial charge on any atom is -0.483 e. The molecule has 2 aromatic rings. The quantitative estimate of drug-likeness (QED) is 0.836. The average molecular weight is 379 g/mol. The third kappa shape index (κ3) is 5.46. The molecule has 0 spiro atoms. The number of halogens is 2. The van der Waals surface area contributed by atoms with Gasteiger partial charge in [0.15, 0.2) is 6.61 Å². The van der Waals surface area contributed by atoms with Gasteiger partial charge >= 0.3 is 0 Å². The zero-order valence-electron chi connectivity index (χ0n) is 14.8. The van der Waals surface area contributed by atoms with Crippen molar-refractivity contribution in [3.05, 3.63) is 58.4 Å². The SMILES string of the molecule is Cc1cc(Cl)cc(C)c1OCC(=O)N(C)CC(=O)Nc1ccc(F)cc1. The molecule has 0 saturated carbocycles. The van der Waals surface area contributed by atoms with Crippen LogP contribution >= 0.6 is 11.6 Å². The predicted molar refractivity (Wildman–Crippen MR) is 99.1 cm³/mol. The van der Waals surface area contributed by atoms with Gasteiger partial charge in [-0.05, 0) is 61.4 Å². The number of amides is 2. The van der Waals surface area contributed by atoms with Gasteiger partial charge in [-0.1, -0.05) is 11.6 Å². The number of hydrogen-bond acceptors (Lipinski definition) is 3. The van der Waals surface area contributed by atoms with Crippen LogP contribution in [-0.4, -0.2) is 36.9 Å². The van der Waals surface area contributed by atoms with Crippen molar-refractivity contribution in [3.63, 3.8) is 0 Å². The molecule has 7 heteroatoms. The summed E-state index contributed by atoms with van der Waals surface area (Å²) in [4.78, 5) is 25.4. The Balaban J connectivity index is 1.87. The second-order valence-corrected chi connectivity index (χ2v) is 6.40. The number of aryl methyl sites for hydroxylation is 2. The molecule has 0 aromatic heterocycles. The molecule has 0 atom stereocenters. The van der Waals surface area contributed by atoms with Crippen LogP contribution in [0.25, 0.3) is 0 Å². The highest BCUT2D eigenvalue weighted by molar-refractivity contribution is 6.30. The molecule has 2 aromatic carbocycles. The van der Waals surface area contributed by atoms with Gasteiger partial charge in [0.2, 0.25) is 5.91 Å². The number of ether oxygens (including phenoxy) is 1. The number of nitrogens with zero attached hydrogens (tertiary/aromatic N) is 1. The predicted octanol–water partition coefficient (Wildman–Crippen LogP) is 3.57. The van der Waals surface area contributed by atoms with E-state index in [1.165, 1.54) is 36.2 Å². The summed E-state index contributed by atoms with van der Waals surface area (Å²) in [6, 6.07) is 8.90. The van der Waals surface area contributed by atoms with Crippen molar-refractivity contribution in [3.8, 4) is 5.75 Å². The number of anilines is 1. The molecule has 5 nitrogen and oxygen atoms in total. The van der Waals surface area contributed by atoms with Crippen LogP contribution in [0.1, 0.15) is 11.1 Å². The van der Waals surface area contributed by atoms with Gasteiger partial charge in [-0.15, -0.1) is 0 Å². The Morgan fingerprint density at radius 3 is 2.31 bits per heavy atom. The lowest BCUT2D eigenvalue weighted by Gasteiger charge is -2.18. The van der Waals surface area contributed by atoms with Crippen LogP contribution in [0.4, 0.5) is 10.1 Å². The lowest BCUT2D eigenvalue weighted by molar-refractivity contribution is -0.135. The molecular formula is C19H20ClFN2O3. The van der Waals surface area contributed by atoms with E-state index in [9.17, 15) is 14.0 Å². The minimum atomic E-state index is -0.389. The van der Waals surface area contributed by atoms with Crippen LogP contribution in [0, 0.1) is 19.7 Å². The fourth-order valence-corrected chi connectivity index (χ4v) is 2.73. The lowest BCUT2D eigenvalue weighted by atomic mass is 10.1. The number of carbonyl (C=O) groups excluding carboxylic acids is 2. The van der Waals surface area contributed by atoms with E-state index in [0.717, 1.165) is 11.1 Å². The second-order valence-electron chi connectivity index (χ2n) is 5.96. The Labute approximate surface area is 156 Å². The Morgan fingerprint density at radius 2 is 1.73 bits per heavy atom. The van der Waals surface area contributed by atoms with Crippen molar-refractivity contribution in [1.29, 1.82) is 0 Å². The molecule has 0 heterocycles. The molecule has 0 radical (unpaired) electrons. The zero-order chi connectivity index (χ0) is 19.3. The van der Waals surface area contributed by atoms with Crippen molar-refractivity contribution in [2.45, 2.75) is 13.8 Å². The van der Waals surface area contributed by atoms with E-state index >= 15 is 0 Å². The van der Waals surface area contributed by atoms with Gasteiger partial charge in [-0.25, -0.2) is 4.39 Å². The Kier molecular flexibility index (Phi) is 6.58. The van der Waals surface area contributed by atoms with Crippen LogP contribution in [0.3, 0.4) is 0 Å². The van der Waals surface area contributed by atoms with Gasteiger partial charge in [-0.3, -0.25) is 9.59 Å². The van der Waals surface area contributed by atoms with Crippen molar-refractivity contribution in [2.75, 3.05) is 25.5 Å². The lowest BCUT2D eigenvalue weighted by Crippen LogP contribution is -2.37. The Morgan fingerprint density at radius 1 is 1.15 bits per heavy atom. The molecule has 0 aliphatic rings. The largest absolute Gasteiger partial charge is 0.483 e. The fourth-order valence-electron chi connectivity index (χ4n) is 2.41. The highest BCUT2D eigenvalue weighted by atomic mass is 35.5.